The van der Waals surface area contributed by atoms with Crippen LogP contribution < -0.4 is 5.32 Å². The lowest BCUT2D eigenvalue weighted by Gasteiger charge is -2.02. The molecule has 0 spiro atoms. The number of furan rings is 1. The molecule has 3 rings (SSSR count). The maximum Gasteiger partial charge on any atom is 0.287 e. The first-order valence-electron chi connectivity index (χ1n) is 7.65. The van der Waals surface area contributed by atoms with Gasteiger partial charge in [-0.1, -0.05) is 17.7 Å². The zero-order chi connectivity index (χ0) is 17.6. The molecule has 0 saturated heterocycles. The Morgan fingerprint density at radius 2 is 1.96 bits per heavy atom. The summed E-state index contributed by atoms with van der Waals surface area (Å²) in [6, 6.07) is 14.2. The summed E-state index contributed by atoms with van der Waals surface area (Å²) in [7, 11) is -1.25. The highest BCUT2D eigenvalue weighted by atomic mass is 35.5. The van der Waals surface area contributed by atoms with Gasteiger partial charge in [0.05, 0.1) is 16.6 Å². The van der Waals surface area contributed by atoms with Crippen LogP contribution in [0, 0.1) is 0 Å². The van der Waals surface area contributed by atoms with E-state index >= 15 is 0 Å². The highest BCUT2D eigenvalue weighted by molar-refractivity contribution is 7.84. The summed E-state index contributed by atoms with van der Waals surface area (Å²) in [5.74, 6) is 0.690. The van der Waals surface area contributed by atoms with Crippen LogP contribution in [-0.2, 0) is 23.0 Å². The zero-order valence-corrected chi connectivity index (χ0v) is 15.6. The summed E-state index contributed by atoms with van der Waals surface area (Å²) in [4.78, 5) is 14.0. The highest BCUT2D eigenvalue weighted by Gasteiger charge is 2.13. The first-order valence-corrected chi connectivity index (χ1v) is 10.2. The molecule has 0 unspecified atom stereocenters. The van der Waals surface area contributed by atoms with Crippen LogP contribution in [0.4, 0.5) is 0 Å². The van der Waals surface area contributed by atoms with E-state index in [1.54, 1.807) is 47.7 Å². The molecule has 0 bridgehead atoms. The second-order valence-electron chi connectivity index (χ2n) is 5.30. The average Bonchev–Trinajstić information content (AvgIpc) is 3.27. The van der Waals surface area contributed by atoms with Crippen molar-refractivity contribution in [2.45, 2.75) is 17.1 Å². The average molecular weight is 394 g/mol. The summed E-state index contributed by atoms with van der Waals surface area (Å²) in [6.07, 6.45) is 0.789. The fraction of sp³-hybridized carbons (Fsp3) is 0.167. The number of nitrogens with one attached hydrogen (secondary N) is 1. The van der Waals surface area contributed by atoms with Crippen LogP contribution in [0.15, 0.2) is 63.2 Å². The predicted octanol–water partition coefficient (Wildman–Crippen LogP) is 4.27. The topological polar surface area (TPSA) is 59.3 Å². The van der Waals surface area contributed by atoms with Gasteiger partial charge in [0.1, 0.15) is 5.76 Å². The van der Waals surface area contributed by atoms with E-state index in [0.29, 0.717) is 22.2 Å². The number of rotatable bonds is 7. The summed E-state index contributed by atoms with van der Waals surface area (Å²) in [6.45, 7) is 0.548. The molecule has 130 valence electrons. The molecule has 2 heterocycles. The summed E-state index contributed by atoms with van der Waals surface area (Å²) in [5, 5.41) is 5.43. The van der Waals surface area contributed by atoms with Gasteiger partial charge in [-0.05, 0) is 54.3 Å². The molecule has 2 aromatic heterocycles. The molecule has 0 aliphatic rings. The minimum atomic E-state index is -1.25. The Hall–Kier alpha value is -1.89. The van der Waals surface area contributed by atoms with Gasteiger partial charge in [-0.3, -0.25) is 9.00 Å². The first kappa shape index (κ1) is 17.9. The van der Waals surface area contributed by atoms with Crippen molar-refractivity contribution in [3.8, 4) is 0 Å². The molecule has 0 aliphatic carbocycles. The van der Waals surface area contributed by atoms with Crippen molar-refractivity contribution < 1.29 is 13.4 Å². The maximum atomic E-state index is 12.3. The van der Waals surface area contributed by atoms with Gasteiger partial charge in [0.2, 0.25) is 0 Å². The lowest BCUT2D eigenvalue weighted by Crippen LogP contribution is -2.25. The van der Waals surface area contributed by atoms with Crippen molar-refractivity contribution in [2.24, 2.45) is 0 Å². The molecule has 1 atom stereocenters. The monoisotopic (exact) mass is 393 g/mol. The van der Waals surface area contributed by atoms with Crippen molar-refractivity contribution in [3.05, 3.63) is 75.3 Å². The standard InChI is InChI=1S/C18H16ClNO3S2/c19-13-3-6-16(7-4-13)25(22)12-14-5-8-17(23-14)18(21)20-10-9-15-2-1-11-24-15/h1-8,11H,9-10,12H2,(H,20,21)/t25-/m0/s1. The first-order chi connectivity index (χ1) is 12.1. The molecule has 1 N–H and O–H groups in total. The van der Waals surface area contributed by atoms with Gasteiger partial charge in [-0.15, -0.1) is 11.3 Å². The zero-order valence-electron chi connectivity index (χ0n) is 13.2. The van der Waals surface area contributed by atoms with E-state index in [2.05, 4.69) is 5.32 Å². The minimum absolute atomic E-state index is 0.212. The molecule has 0 saturated carbocycles. The Kier molecular flexibility index (Phi) is 6.07. The molecular formula is C18H16ClNO3S2. The van der Waals surface area contributed by atoms with Crippen molar-refractivity contribution in [1.29, 1.82) is 0 Å². The van der Waals surface area contributed by atoms with E-state index in [0.717, 1.165) is 6.42 Å². The number of carbonyl (C=O) groups excluding carboxylic acids is 1. The number of hydrogen-bond acceptors (Lipinski definition) is 4. The third-order valence-electron chi connectivity index (χ3n) is 3.47. The van der Waals surface area contributed by atoms with Gasteiger partial charge < -0.3 is 9.73 Å². The third kappa shape index (κ3) is 5.04. The number of benzene rings is 1. The van der Waals surface area contributed by atoms with Crippen LogP contribution >= 0.6 is 22.9 Å². The van der Waals surface area contributed by atoms with E-state index < -0.39 is 10.8 Å². The molecule has 0 radical (unpaired) electrons. The minimum Gasteiger partial charge on any atom is -0.455 e. The molecule has 7 heteroatoms. The van der Waals surface area contributed by atoms with Gasteiger partial charge in [0.15, 0.2) is 5.76 Å². The van der Waals surface area contributed by atoms with Gasteiger partial charge in [-0.25, -0.2) is 0 Å². The molecule has 0 fully saturated rings. The van der Waals surface area contributed by atoms with Crippen LogP contribution in [0.3, 0.4) is 0 Å². The summed E-state index contributed by atoms with van der Waals surface area (Å²) < 4.78 is 17.8. The van der Waals surface area contributed by atoms with Crippen LogP contribution in [0.1, 0.15) is 21.2 Å². The third-order valence-corrected chi connectivity index (χ3v) is 6.01. The van der Waals surface area contributed by atoms with E-state index in [1.165, 1.54) is 4.88 Å². The number of halogens is 1. The molecule has 0 aliphatic heterocycles. The normalized spacial score (nSPS) is 12.0. The second kappa shape index (κ2) is 8.47. The smallest absolute Gasteiger partial charge is 0.287 e. The van der Waals surface area contributed by atoms with Gasteiger partial charge >= 0.3 is 0 Å². The van der Waals surface area contributed by atoms with Gasteiger partial charge in [0.25, 0.3) is 5.91 Å². The largest absolute Gasteiger partial charge is 0.455 e. The number of thiophene rings is 1. The fourth-order valence-corrected chi connectivity index (χ4v) is 4.07. The maximum absolute atomic E-state index is 12.3. The summed E-state index contributed by atoms with van der Waals surface area (Å²) >= 11 is 7.49. The fourth-order valence-electron chi connectivity index (χ4n) is 2.22. The number of carbonyl (C=O) groups is 1. The predicted molar refractivity (Wildman–Crippen MR) is 101 cm³/mol. The molecule has 1 aromatic carbocycles. The number of hydrogen-bond donors (Lipinski definition) is 1. The SMILES string of the molecule is O=C(NCCc1cccs1)c1ccc(C[S@](=O)c2ccc(Cl)cc2)o1. The molecular weight excluding hydrogens is 378 g/mol. The van der Waals surface area contributed by atoms with E-state index in [-0.39, 0.29) is 17.4 Å². The van der Waals surface area contributed by atoms with Crippen LogP contribution in [0.5, 0.6) is 0 Å². The van der Waals surface area contributed by atoms with Crippen molar-refractivity contribution in [2.75, 3.05) is 6.54 Å². The molecule has 3 aromatic rings. The van der Waals surface area contributed by atoms with Crippen LogP contribution in [-0.4, -0.2) is 16.7 Å². The molecule has 4 nitrogen and oxygen atoms in total. The van der Waals surface area contributed by atoms with E-state index in [1.807, 2.05) is 17.5 Å². The summed E-state index contributed by atoms with van der Waals surface area (Å²) in [5.41, 5.74) is 0. The lowest BCUT2D eigenvalue weighted by atomic mass is 10.3. The van der Waals surface area contributed by atoms with Crippen LogP contribution in [0.2, 0.25) is 5.02 Å². The number of amides is 1. The quantitative estimate of drug-likeness (QED) is 0.651. The van der Waals surface area contributed by atoms with E-state index in [9.17, 15) is 9.00 Å². The van der Waals surface area contributed by atoms with E-state index in [4.69, 9.17) is 16.0 Å². The van der Waals surface area contributed by atoms with Crippen molar-refractivity contribution in [3.63, 3.8) is 0 Å². The van der Waals surface area contributed by atoms with Gasteiger partial charge in [0, 0.05) is 21.3 Å². The Morgan fingerprint density at radius 1 is 1.16 bits per heavy atom. The van der Waals surface area contributed by atoms with Crippen molar-refractivity contribution in [1.82, 2.24) is 5.32 Å². The van der Waals surface area contributed by atoms with Gasteiger partial charge in [-0.2, -0.15) is 0 Å². The lowest BCUT2D eigenvalue weighted by molar-refractivity contribution is 0.0925. The van der Waals surface area contributed by atoms with Crippen LogP contribution in [0.25, 0.3) is 0 Å². The Balaban J connectivity index is 1.53. The second-order valence-corrected chi connectivity index (χ2v) is 8.21. The Labute approximate surface area is 157 Å². The molecule has 25 heavy (non-hydrogen) atoms. The highest BCUT2D eigenvalue weighted by Crippen LogP contribution is 2.17. The Bertz CT molecular complexity index is 857. The van der Waals surface area contributed by atoms with Crippen molar-refractivity contribution >= 4 is 39.6 Å². The molecule has 1 amide bonds. The Morgan fingerprint density at radius 3 is 2.68 bits per heavy atom.